The van der Waals surface area contributed by atoms with Crippen LogP contribution in [0.4, 0.5) is 0 Å². The second kappa shape index (κ2) is 10.4. The summed E-state index contributed by atoms with van der Waals surface area (Å²) in [5.41, 5.74) is -0.402. The van der Waals surface area contributed by atoms with Gasteiger partial charge in [0.2, 0.25) is 5.69 Å². The maximum Gasteiger partial charge on any atom is 0.349 e. The Hall–Kier alpha value is -3.22. The van der Waals surface area contributed by atoms with E-state index in [1.807, 2.05) is 32.7 Å². The molecule has 0 atom stereocenters. The maximum atomic E-state index is 12.2. The average Bonchev–Trinajstić information content (AvgIpc) is 2.74. The number of aromatic amines is 1. The Morgan fingerprint density at radius 1 is 1.09 bits per heavy atom. The minimum atomic E-state index is -0.880. The van der Waals surface area contributed by atoms with Crippen LogP contribution in [0.15, 0.2) is 32.6 Å². The zero-order valence-corrected chi connectivity index (χ0v) is 19.7. The molecule has 2 heterocycles. The van der Waals surface area contributed by atoms with Crippen molar-refractivity contribution in [3.05, 3.63) is 82.0 Å². The van der Waals surface area contributed by atoms with Crippen LogP contribution in [-0.4, -0.2) is 24.5 Å². The molecule has 2 aromatic heterocycles. The molecule has 1 N–H and O–H groups in total. The predicted octanol–water partition coefficient (Wildman–Crippen LogP) is 2.93. The minimum Gasteiger partial charge on any atom is -0.270 e. The molecule has 9 nitrogen and oxygen atoms in total. The maximum absolute atomic E-state index is 12.2. The molecule has 0 bridgehead atoms. The van der Waals surface area contributed by atoms with Crippen LogP contribution in [0.2, 0.25) is 10.0 Å². The molecule has 0 aliphatic carbocycles. The van der Waals surface area contributed by atoms with E-state index < -0.39 is 16.9 Å². The van der Waals surface area contributed by atoms with Crippen molar-refractivity contribution in [1.29, 1.82) is 5.26 Å². The highest BCUT2D eigenvalue weighted by Crippen LogP contribution is 2.29. The molecule has 0 fully saturated rings. The third-order valence-corrected chi connectivity index (χ3v) is 5.10. The van der Waals surface area contributed by atoms with Crippen molar-refractivity contribution in [2.24, 2.45) is 7.05 Å². The second-order valence-electron chi connectivity index (χ2n) is 6.87. The number of nitrogens with zero attached hydrogens (tertiary/aromatic N) is 5. The van der Waals surface area contributed by atoms with Crippen molar-refractivity contribution in [2.75, 3.05) is 0 Å². The normalized spacial score (nSPS) is 10.5. The van der Waals surface area contributed by atoms with Gasteiger partial charge in [-0.25, -0.2) is 9.48 Å². The van der Waals surface area contributed by atoms with E-state index in [1.165, 1.54) is 16.8 Å². The van der Waals surface area contributed by atoms with Gasteiger partial charge in [-0.15, -0.1) is 5.10 Å². The lowest BCUT2D eigenvalue weighted by molar-refractivity contribution is 0.658. The van der Waals surface area contributed by atoms with Gasteiger partial charge >= 0.3 is 5.69 Å². The number of nitriles is 1. The summed E-state index contributed by atoms with van der Waals surface area (Å²) in [6.07, 6.45) is 0.253. The van der Waals surface area contributed by atoms with Crippen LogP contribution in [0, 0.1) is 11.3 Å². The zero-order valence-electron chi connectivity index (χ0n) is 18.2. The van der Waals surface area contributed by atoms with Crippen LogP contribution >= 0.6 is 23.2 Å². The van der Waals surface area contributed by atoms with E-state index in [4.69, 9.17) is 28.5 Å². The third-order valence-electron chi connectivity index (χ3n) is 4.43. The highest BCUT2D eigenvalue weighted by molar-refractivity contribution is 6.36. The number of benzene rings is 1. The van der Waals surface area contributed by atoms with E-state index in [2.05, 4.69) is 10.2 Å². The van der Waals surface area contributed by atoms with Gasteiger partial charge in [-0.3, -0.25) is 14.6 Å². The summed E-state index contributed by atoms with van der Waals surface area (Å²) >= 11 is 12.8. The van der Waals surface area contributed by atoms with Gasteiger partial charge in [0.15, 0.2) is 0 Å². The molecular formula is C21H22Cl2N6O3. The van der Waals surface area contributed by atoms with Gasteiger partial charge in [-0.2, -0.15) is 15.0 Å². The summed E-state index contributed by atoms with van der Waals surface area (Å²) in [6, 6.07) is 6.23. The lowest BCUT2D eigenvalue weighted by Crippen LogP contribution is -2.33. The Morgan fingerprint density at radius 2 is 1.69 bits per heavy atom. The largest absolute Gasteiger partial charge is 0.349 e. The first-order chi connectivity index (χ1) is 15.1. The number of rotatable bonds is 4. The number of aromatic nitrogens is 5. The molecule has 0 aliphatic rings. The topological polar surface area (TPSA) is 126 Å². The molecule has 0 unspecified atom stereocenters. The van der Waals surface area contributed by atoms with E-state index in [9.17, 15) is 14.4 Å². The lowest BCUT2D eigenvalue weighted by Gasteiger charge is -2.13. The quantitative estimate of drug-likeness (QED) is 0.616. The van der Waals surface area contributed by atoms with E-state index in [1.54, 1.807) is 19.2 Å². The van der Waals surface area contributed by atoms with Crippen LogP contribution in [0.1, 0.15) is 56.1 Å². The molecule has 0 amide bonds. The van der Waals surface area contributed by atoms with Crippen molar-refractivity contribution in [3.63, 3.8) is 0 Å². The van der Waals surface area contributed by atoms with Crippen molar-refractivity contribution in [2.45, 2.75) is 40.0 Å². The van der Waals surface area contributed by atoms with E-state index in [-0.39, 0.29) is 33.6 Å². The number of halogens is 2. The summed E-state index contributed by atoms with van der Waals surface area (Å²) in [7, 11) is 1.57. The number of H-pyrrole nitrogens is 1. The molecule has 168 valence electrons. The van der Waals surface area contributed by atoms with E-state index in [0.717, 1.165) is 4.68 Å². The number of hydrogen-bond acceptors (Lipinski definition) is 6. The Balaban J connectivity index is 0.00000176. The van der Waals surface area contributed by atoms with Gasteiger partial charge < -0.3 is 0 Å². The number of hydrogen-bond donors (Lipinski definition) is 1. The molecule has 0 aliphatic heterocycles. The van der Waals surface area contributed by atoms with Gasteiger partial charge in [0.05, 0.1) is 11.4 Å². The first-order valence-corrected chi connectivity index (χ1v) is 10.6. The SMILES string of the molecule is CC.CC(C)c1cc(Cc2c(Cl)cc(-n3nc(C#N)c(=O)[nH]c3=O)cc2Cl)nn(C)c1=O. The monoisotopic (exact) mass is 476 g/mol. The van der Waals surface area contributed by atoms with Crippen LogP contribution in [0.3, 0.4) is 0 Å². The fraction of sp³-hybridized carbons (Fsp3) is 0.333. The van der Waals surface area contributed by atoms with Crippen molar-refractivity contribution in [3.8, 4) is 11.8 Å². The van der Waals surface area contributed by atoms with Gasteiger partial charge in [0.25, 0.3) is 11.1 Å². The van der Waals surface area contributed by atoms with Gasteiger partial charge in [-0.1, -0.05) is 50.9 Å². The minimum absolute atomic E-state index is 0.0197. The molecule has 3 aromatic rings. The molecule has 0 saturated carbocycles. The molecule has 0 spiro atoms. The second-order valence-corrected chi connectivity index (χ2v) is 7.69. The van der Waals surface area contributed by atoms with Gasteiger partial charge in [-0.05, 0) is 29.7 Å². The first-order valence-electron chi connectivity index (χ1n) is 9.81. The molecular weight excluding hydrogens is 455 g/mol. The van der Waals surface area contributed by atoms with Crippen molar-refractivity contribution >= 4 is 23.2 Å². The Morgan fingerprint density at radius 3 is 2.22 bits per heavy atom. The van der Waals surface area contributed by atoms with Crippen LogP contribution in [0.25, 0.3) is 5.69 Å². The van der Waals surface area contributed by atoms with Crippen LogP contribution in [0.5, 0.6) is 0 Å². The summed E-state index contributed by atoms with van der Waals surface area (Å²) in [6.45, 7) is 7.83. The molecule has 1 aromatic carbocycles. The summed E-state index contributed by atoms with van der Waals surface area (Å²) < 4.78 is 2.11. The fourth-order valence-corrected chi connectivity index (χ4v) is 3.51. The van der Waals surface area contributed by atoms with E-state index in [0.29, 0.717) is 16.8 Å². The molecule has 0 saturated heterocycles. The fourth-order valence-electron chi connectivity index (χ4n) is 2.91. The first kappa shape index (κ1) is 25.0. The van der Waals surface area contributed by atoms with Crippen molar-refractivity contribution < 1.29 is 0 Å². The predicted molar refractivity (Wildman–Crippen MR) is 123 cm³/mol. The smallest absolute Gasteiger partial charge is 0.270 e. The Labute approximate surface area is 193 Å². The number of aryl methyl sites for hydroxylation is 1. The third kappa shape index (κ3) is 5.15. The summed E-state index contributed by atoms with van der Waals surface area (Å²) in [5, 5.41) is 17.4. The molecule has 11 heteroatoms. The average molecular weight is 477 g/mol. The Kier molecular flexibility index (Phi) is 8.14. The van der Waals surface area contributed by atoms with E-state index >= 15 is 0 Å². The van der Waals surface area contributed by atoms with Gasteiger partial charge in [0.1, 0.15) is 6.07 Å². The highest BCUT2D eigenvalue weighted by atomic mass is 35.5. The summed E-state index contributed by atoms with van der Waals surface area (Å²) in [4.78, 5) is 37.9. The summed E-state index contributed by atoms with van der Waals surface area (Å²) in [5.74, 6) is 0.0197. The molecule has 32 heavy (non-hydrogen) atoms. The van der Waals surface area contributed by atoms with Crippen LogP contribution in [-0.2, 0) is 13.5 Å². The lowest BCUT2D eigenvalue weighted by atomic mass is 10.0. The van der Waals surface area contributed by atoms with Crippen LogP contribution < -0.4 is 16.8 Å². The molecule has 0 radical (unpaired) electrons. The Bertz CT molecular complexity index is 1340. The van der Waals surface area contributed by atoms with Crippen molar-refractivity contribution in [1.82, 2.24) is 24.5 Å². The zero-order chi connectivity index (χ0) is 24.2. The standard InChI is InChI=1S/C19H16Cl2N6O3.C2H6/c1-9(2)12-4-10(24-26(3)18(12)29)5-13-14(20)6-11(7-15(13)21)27-19(30)23-17(28)16(8-22)25-27;1-2/h4,6-7,9H,5H2,1-3H3,(H,23,28,30);1-2H3. The van der Waals surface area contributed by atoms with Gasteiger partial charge in [0, 0.05) is 29.1 Å². The molecule has 3 rings (SSSR count). The highest BCUT2D eigenvalue weighted by Gasteiger charge is 2.16. The number of nitrogens with one attached hydrogen (secondary N) is 1.